The Morgan fingerprint density at radius 3 is 1.23 bits per heavy atom. The molecule has 2 unspecified atom stereocenters. The van der Waals surface area contributed by atoms with Crippen molar-refractivity contribution < 1.29 is 61.4 Å². The van der Waals surface area contributed by atoms with Crippen LogP contribution in [0.1, 0.15) is 62.5 Å². The molecule has 0 heterocycles. The summed E-state index contributed by atoms with van der Waals surface area (Å²) in [6.45, 7) is 6.11. The summed E-state index contributed by atoms with van der Waals surface area (Å²) >= 11 is 0. The molecule has 8 nitrogen and oxygen atoms in total. The lowest BCUT2D eigenvalue weighted by molar-refractivity contribution is -0.247. The molecule has 53 heavy (non-hydrogen) atoms. The molecule has 0 bridgehead atoms. The van der Waals surface area contributed by atoms with Gasteiger partial charge in [0.25, 0.3) is 0 Å². The van der Waals surface area contributed by atoms with Gasteiger partial charge in [0.15, 0.2) is 20.4 Å². The Morgan fingerprint density at radius 2 is 0.943 bits per heavy atom. The third-order valence-electron chi connectivity index (χ3n) is 7.92. The SMILES string of the molecule is COC(C)c1cc(C(C)C)cc(C(C)OC)c1OS(=O)(=O)C(F)(F)C(F)(F)C(F)(F)S(=O)(=O)O.c1ccc([S+](c2ccccc2)c2ccccc2)cc1. The van der Waals surface area contributed by atoms with E-state index in [1.807, 2.05) is 0 Å². The molecular formula is C36H39F6O8S3+. The largest absolute Gasteiger partial charge is 0.450 e. The average molecular weight is 810 g/mol. The average Bonchev–Trinajstić information content (AvgIpc) is 3.11. The minimum absolute atomic E-state index is 0.0146. The van der Waals surface area contributed by atoms with E-state index >= 15 is 0 Å². The van der Waals surface area contributed by atoms with Crippen LogP contribution in [0.4, 0.5) is 26.3 Å². The number of hydrogen-bond acceptors (Lipinski definition) is 7. The summed E-state index contributed by atoms with van der Waals surface area (Å²) in [5, 5.41) is -13.7. The zero-order chi connectivity index (χ0) is 40.0. The van der Waals surface area contributed by atoms with E-state index in [2.05, 4.69) is 95.2 Å². The van der Waals surface area contributed by atoms with Crippen LogP contribution < -0.4 is 4.18 Å². The van der Waals surface area contributed by atoms with Crippen LogP contribution in [0.3, 0.4) is 0 Å². The Labute approximate surface area is 308 Å². The number of ether oxygens (including phenoxy) is 2. The molecule has 0 aliphatic rings. The van der Waals surface area contributed by atoms with Crippen molar-refractivity contribution in [2.24, 2.45) is 0 Å². The van der Waals surface area contributed by atoms with Gasteiger partial charge in [-0.15, -0.1) is 0 Å². The highest BCUT2D eigenvalue weighted by Gasteiger charge is 2.83. The molecule has 0 saturated heterocycles. The van der Waals surface area contributed by atoms with E-state index in [-0.39, 0.29) is 27.9 Å². The van der Waals surface area contributed by atoms with Crippen LogP contribution >= 0.6 is 0 Å². The van der Waals surface area contributed by atoms with Gasteiger partial charge in [-0.1, -0.05) is 68.4 Å². The van der Waals surface area contributed by atoms with E-state index in [9.17, 15) is 43.2 Å². The van der Waals surface area contributed by atoms with Gasteiger partial charge in [-0.2, -0.15) is 43.2 Å². The van der Waals surface area contributed by atoms with Gasteiger partial charge in [0.1, 0.15) is 0 Å². The van der Waals surface area contributed by atoms with Crippen LogP contribution in [0.2, 0.25) is 0 Å². The van der Waals surface area contributed by atoms with Crippen LogP contribution in [0, 0.1) is 0 Å². The lowest BCUT2D eigenvalue weighted by atomic mass is 9.93. The number of hydrogen-bond donors (Lipinski definition) is 1. The monoisotopic (exact) mass is 809 g/mol. The molecule has 0 aliphatic carbocycles. The topological polar surface area (TPSA) is 116 Å². The molecule has 0 aliphatic heterocycles. The third kappa shape index (κ3) is 9.38. The first-order valence-electron chi connectivity index (χ1n) is 15.7. The molecular weight excluding hydrogens is 771 g/mol. The third-order valence-corrected chi connectivity index (χ3v) is 12.3. The van der Waals surface area contributed by atoms with Crippen LogP contribution in [-0.2, 0) is 40.6 Å². The van der Waals surface area contributed by atoms with Crippen LogP contribution in [0.25, 0.3) is 0 Å². The fourth-order valence-electron chi connectivity index (χ4n) is 4.71. The van der Waals surface area contributed by atoms with Gasteiger partial charge in [0.2, 0.25) is 0 Å². The predicted octanol–water partition coefficient (Wildman–Crippen LogP) is 9.42. The summed E-state index contributed by atoms with van der Waals surface area (Å²) < 4.78 is 152. The van der Waals surface area contributed by atoms with E-state index in [0.717, 1.165) is 14.2 Å². The van der Waals surface area contributed by atoms with E-state index in [4.69, 9.17) is 14.0 Å². The fraction of sp³-hybridized carbons (Fsp3) is 0.333. The lowest BCUT2D eigenvalue weighted by Gasteiger charge is -2.31. The molecule has 4 rings (SSSR count). The lowest BCUT2D eigenvalue weighted by Crippen LogP contribution is -2.61. The quantitative estimate of drug-likeness (QED) is 0.0580. The number of alkyl halides is 6. The molecule has 0 aromatic heterocycles. The van der Waals surface area contributed by atoms with Crippen molar-refractivity contribution >= 4 is 31.1 Å². The van der Waals surface area contributed by atoms with Crippen LogP contribution in [0.15, 0.2) is 118 Å². The standard InChI is InChI=1S/C18H24F6O8S2.C18H15S/c1-9(2)12-7-13(10(3)30-5)15(14(8-12)11(4)31-6)32-34(28,29)18(23,24)16(19,20)17(21,22)33(25,26)27;1-4-10-16(11-5-1)19(17-12-6-2-7-13-17)18-14-8-3-9-15-18/h7-11H,1-6H3,(H,25,26,27);1-15H/q;+1. The van der Waals surface area contributed by atoms with Crippen LogP contribution in [0.5, 0.6) is 5.75 Å². The van der Waals surface area contributed by atoms with Crippen molar-refractivity contribution in [2.45, 2.75) is 76.9 Å². The second-order valence-electron chi connectivity index (χ2n) is 11.8. The Bertz CT molecular complexity index is 1890. The highest BCUT2D eigenvalue weighted by molar-refractivity contribution is 7.97. The highest BCUT2D eigenvalue weighted by Crippen LogP contribution is 2.52. The summed E-state index contributed by atoms with van der Waals surface area (Å²) in [4.78, 5) is 4.08. The number of rotatable bonds is 14. The minimum Gasteiger partial charge on any atom is -0.377 e. The smallest absolute Gasteiger partial charge is 0.377 e. The Kier molecular flexibility index (Phi) is 14.2. The zero-order valence-corrected chi connectivity index (χ0v) is 31.8. The molecule has 2 atom stereocenters. The Morgan fingerprint density at radius 1 is 0.604 bits per heavy atom. The molecule has 4 aromatic carbocycles. The maximum Gasteiger partial charge on any atom is 0.450 e. The molecule has 0 fully saturated rings. The van der Waals surface area contributed by atoms with Crippen LogP contribution in [-0.4, -0.2) is 52.0 Å². The fourth-order valence-corrected chi connectivity index (χ4v) is 8.29. The van der Waals surface area contributed by atoms with Gasteiger partial charge in [-0.25, -0.2) is 0 Å². The molecule has 0 radical (unpaired) electrons. The summed E-state index contributed by atoms with van der Waals surface area (Å²) in [5.74, 6) is -8.31. The molecule has 0 spiro atoms. The molecule has 0 saturated carbocycles. The van der Waals surface area contributed by atoms with Gasteiger partial charge in [0.05, 0.1) is 23.1 Å². The second-order valence-corrected chi connectivity index (χ2v) is 16.9. The summed E-state index contributed by atoms with van der Waals surface area (Å²) in [7, 11) is -11.9. The highest BCUT2D eigenvalue weighted by atomic mass is 32.2. The van der Waals surface area contributed by atoms with Crippen molar-refractivity contribution in [3.8, 4) is 5.75 Å². The maximum absolute atomic E-state index is 14.3. The van der Waals surface area contributed by atoms with E-state index in [0.29, 0.717) is 5.56 Å². The normalized spacial score (nSPS) is 14.0. The van der Waals surface area contributed by atoms with Gasteiger partial charge in [-0.05, 0) is 73.9 Å². The van der Waals surface area contributed by atoms with E-state index in [1.165, 1.54) is 40.7 Å². The summed E-state index contributed by atoms with van der Waals surface area (Å²) in [5.41, 5.74) is 0.0613. The Hall–Kier alpha value is -3.61. The first kappa shape index (κ1) is 43.8. The number of halogens is 6. The number of benzene rings is 4. The van der Waals surface area contributed by atoms with E-state index in [1.54, 1.807) is 13.8 Å². The van der Waals surface area contributed by atoms with Crippen molar-refractivity contribution in [1.82, 2.24) is 0 Å². The molecule has 17 heteroatoms. The minimum atomic E-state index is -7.17. The first-order chi connectivity index (χ1) is 24.6. The molecule has 0 amide bonds. The molecule has 1 N–H and O–H groups in total. The number of methoxy groups -OCH3 is 2. The van der Waals surface area contributed by atoms with Crippen molar-refractivity contribution in [2.75, 3.05) is 14.2 Å². The summed E-state index contributed by atoms with van der Waals surface area (Å²) in [6.07, 6.45) is -2.14. The van der Waals surface area contributed by atoms with Crippen molar-refractivity contribution in [3.05, 3.63) is 120 Å². The summed E-state index contributed by atoms with van der Waals surface area (Å²) in [6, 6.07) is 34.7. The van der Waals surface area contributed by atoms with Gasteiger partial charge < -0.3 is 13.7 Å². The van der Waals surface area contributed by atoms with Crippen molar-refractivity contribution in [3.63, 3.8) is 0 Å². The van der Waals surface area contributed by atoms with Gasteiger partial charge in [0, 0.05) is 25.3 Å². The second kappa shape index (κ2) is 17.2. The molecule has 4 aromatic rings. The van der Waals surface area contributed by atoms with Crippen molar-refractivity contribution in [1.29, 1.82) is 0 Å². The predicted molar refractivity (Wildman–Crippen MR) is 189 cm³/mol. The first-order valence-corrected chi connectivity index (χ1v) is 19.8. The molecule has 290 valence electrons. The van der Waals surface area contributed by atoms with E-state index < -0.39 is 54.6 Å². The van der Waals surface area contributed by atoms with Gasteiger partial charge >= 0.3 is 36.7 Å². The maximum atomic E-state index is 14.3. The Balaban J connectivity index is 0.000000331. The van der Waals surface area contributed by atoms with Gasteiger partial charge in [-0.3, -0.25) is 4.55 Å². The zero-order valence-electron chi connectivity index (χ0n) is 29.3.